The Morgan fingerprint density at radius 3 is 3.24 bits per heavy atom. The van der Waals surface area contributed by atoms with E-state index in [1.54, 1.807) is 0 Å². The third-order valence-corrected chi connectivity index (χ3v) is 3.70. The highest BCUT2D eigenvalue weighted by Gasteiger charge is 2.15. The molecular formula is C17H20N4. The van der Waals surface area contributed by atoms with Crippen LogP contribution in [0.4, 0.5) is 5.82 Å². The van der Waals surface area contributed by atoms with Crippen LogP contribution in [0, 0.1) is 5.92 Å². The standard InChI is InChI=1S/C17H20N4/c1-2-5-14-8-11-21-17(19-12-14)16(13-20-21)15-6-3-9-18-10-4-7-15/h3,7-14H,2,4-6H2,1H3/b9-3-,15-7?,18-10-. The molecule has 1 aromatic rings. The molecule has 2 aliphatic rings. The molecule has 0 aliphatic carbocycles. The first kappa shape index (κ1) is 13.7. The summed E-state index contributed by atoms with van der Waals surface area (Å²) in [5.74, 6) is 1.34. The van der Waals surface area contributed by atoms with E-state index in [9.17, 15) is 0 Å². The van der Waals surface area contributed by atoms with Crippen LogP contribution in [0.15, 0.2) is 40.6 Å². The fraction of sp³-hybridized carbons (Fsp3) is 0.353. The van der Waals surface area contributed by atoms with Gasteiger partial charge in [-0.15, -0.1) is 0 Å². The molecule has 2 aliphatic heterocycles. The molecule has 0 radical (unpaired) electrons. The van der Waals surface area contributed by atoms with Gasteiger partial charge in [-0.25, -0.2) is 9.67 Å². The van der Waals surface area contributed by atoms with Crippen molar-refractivity contribution in [2.75, 3.05) is 0 Å². The van der Waals surface area contributed by atoms with E-state index in [1.165, 1.54) is 5.57 Å². The molecule has 1 atom stereocenters. The number of aromatic nitrogens is 2. The van der Waals surface area contributed by atoms with Crippen LogP contribution in [0.25, 0.3) is 11.8 Å². The summed E-state index contributed by atoms with van der Waals surface area (Å²) in [5.41, 5.74) is 2.38. The predicted octanol–water partition coefficient (Wildman–Crippen LogP) is 4.25. The molecule has 0 saturated carbocycles. The lowest BCUT2D eigenvalue weighted by atomic mass is 10.0. The number of hydrogen-bond donors (Lipinski definition) is 0. The minimum Gasteiger partial charge on any atom is -0.269 e. The molecule has 0 fully saturated rings. The number of nitrogens with zero attached hydrogens (tertiary/aromatic N) is 4. The molecular weight excluding hydrogens is 260 g/mol. The van der Waals surface area contributed by atoms with Gasteiger partial charge >= 0.3 is 0 Å². The first-order valence-corrected chi connectivity index (χ1v) is 7.54. The number of fused-ring (bicyclic) bond motifs is 1. The first-order chi connectivity index (χ1) is 10.4. The van der Waals surface area contributed by atoms with Gasteiger partial charge < -0.3 is 0 Å². The maximum Gasteiger partial charge on any atom is 0.162 e. The van der Waals surface area contributed by atoms with Crippen LogP contribution in [-0.2, 0) is 0 Å². The van der Waals surface area contributed by atoms with Crippen molar-refractivity contribution in [2.24, 2.45) is 15.9 Å². The lowest BCUT2D eigenvalue weighted by Crippen LogP contribution is -1.95. The van der Waals surface area contributed by atoms with Crippen molar-refractivity contribution in [3.05, 3.63) is 36.2 Å². The zero-order valence-corrected chi connectivity index (χ0v) is 12.3. The van der Waals surface area contributed by atoms with Crippen LogP contribution in [-0.4, -0.2) is 22.2 Å². The molecule has 0 saturated heterocycles. The van der Waals surface area contributed by atoms with Crippen LogP contribution >= 0.6 is 0 Å². The van der Waals surface area contributed by atoms with Crippen molar-refractivity contribution in [1.29, 1.82) is 0 Å². The van der Waals surface area contributed by atoms with Gasteiger partial charge in [0.1, 0.15) is 0 Å². The zero-order chi connectivity index (χ0) is 14.5. The second-order valence-electron chi connectivity index (χ2n) is 5.28. The van der Waals surface area contributed by atoms with Gasteiger partial charge in [0.05, 0.1) is 6.20 Å². The molecule has 0 spiro atoms. The van der Waals surface area contributed by atoms with Gasteiger partial charge in [-0.1, -0.05) is 31.6 Å². The summed E-state index contributed by atoms with van der Waals surface area (Å²) >= 11 is 0. The first-order valence-electron chi connectivity index (χ1n) is 7.54. The maximum atomic E-state index is 4.69. The minimum atomic E-state index is 0.405. The predicted molar refractivity (Wildman–Crippen MR) is 89.0 cm³/mol. The van der Waals surface area contributed by atoms with Gasteiger partial charge in [-0.3, -0.25) is 4.99 Å². The summed E-state index contributed by atoms with van der Waals surface area (Å²) < 4.78 is 1.87. The molecule has 0 amide bonds. The van der Waals surface area contributed by atoms with Gasteiger partial charge in [-0.05, 0) is 18.4 Å². The van der Waals surface area contributed by atoms with Crippen molar-refractivity contribution in [3.63, 3.8) is 0 Å². The zero-order valence-electron chi connectivity index (χ0n) is 12.3. The number of hydrogen-bond acceptors (Lipinski definition) is 3. The Balaban J connectivity index is 1.92. The highest BCUT2D eigenvalue weighted by molar-refractivity contribution is 5.80. The Hall–Kier alpha value is -2.23. The van der Waals surface area contributed by atoms with E-state index in [1.807, 2.05) is 35.7 Å². The van der Waals surface area contributed by atoms with Crippen molar-refractivity contribution in [1.82, 2.24) is 9.78 Å². The SMILES string of the molecule is CCCC1C=Cn2ncc(C3=CC/C=N\C=C/C3)c2N=C1. The van der Waals surface area contributed by atoms with E-state index < -0.39 is 0 Å². The van der Waals surface area contributed by atoms with E-state index >= 15 is 0 Å². The molecule has 4 heteroatoms. The number of allylic oxidation sites excluding steroid dienone is 4. The normalized spacial score (nSPS) is 23.7. The van der Waals surface area contributed by atoms with Gasteiger partial charge in [-0.2, -0.15) is 5.10 Å². The Labute approximate surface area is 125 Å². The summed E-state index contributed by atoms with van der Waals surface area (Å²) in [4.78, 5) is 8.86. The van der Waals surface area contributed by atoms with E-state index in [4.69, 9.17) is 4.99 Å². The molecule has 3 rings (SSSR count). The van der Waals surface area contributed by atoms with Gasteiger partial charge in [0, 0.05) is 42.7 Å². The van der Waals surface area contributed by atoms with Crippen molar-refractivity contribution >= 4 is 30.0 Å². The molecule has 4 nitrogen and oxygen atoms in total. The second-order valence-corrected chi connectivity index (χ2v) is 5.28. The summed E-state index contributed by atoms with van der Waals surface area (Å²) in [6, 6.07) is 0. The molecule has 21 heavy (non-hydrogen) atoms. The number of aliphatic imine (C=N–C) groups is 2. The summed E-state index contributed by atoms with van der Waals surface area (Å²) in [6.45, 7) is 2.20. The topological polar surface area (TPSA) is 42.5 Å². The van der Waals surface area contributed by atoms with E-state index in [0.717, 1.165) is 37.1 Å². The summed E-state index contributed by atoms with van der Waals surface area (Å²) in [5, 5.41) is 4.46. The number of rotatable bonds is 3. The Bertz CT molecular complexity index is 644. The Kier molecular flexibility index (Phi) is 4.24. The fourth-order valence-electron chi connectivity index (χ4n) is 2.59. The van der Waals surface area contributed by atoms with Crippen molar-refractivity contribution in [3.8, 4) is 0 Å². The van der Waals surface area contributed by atoms with Crippen molar-refractivity contribution < 1.29 is 0 Å². The molecule has 3 heterocycles. The van der Waals surface area contributed by atoms with E-state index in [-0.39, 0.29) is 0 Å². The highest BCUT2D eigenvalue weighted by atomic mass is 15.3. The Morgan fingerprint density at radius 2 is 2.33 bits per heavy atom. The van der Waals surface area contributed by atoms with Crippen LogP contribution in [0.3, 0.4) is 0 Å². The lowest BCUT2D eigenvalue weighted by molar-refractivity contribution is 0.733. The van der Waals surface area contributed by atoms with Crippen LogP contribution in [0.2, 0.25) is 0 Å². The van der Waals surface area contributed by atoms with Crippen LogP contribution in [0.1, 0.15) is 38.2 Å². The molecule has 108 valence electrons. The molecule has 1 unspecified atom stereocenters. The smallest absolute Gasteiger partial charge is 0.162 e. The quantitative estimate of drug-likeness (QED) is 0.816. The third-order valence-electron chi connectivity index (χ3n) is 3.70. The van der Waals surface area contributed by atoms with Crippen LogP contribution in [0.5, 0.6) is 0 Å². The van der Waals surface area contributed by atoms with Crippen LogP contribution < -0.4 is 0 Å². The lowest BCUT2D eigenvalue weighted by Gasteiger charge is -2.05. The van der Waals surface area contributed by atoms with Crippen molar-refractivity contribution in [2.45, 2.75) is 32.6 Å². The molecule has 0 N–H and O–H groups in total. The minimum absolute atomic E-state index is 0.405. The average molecular weight is 280 g/mol. The molecule has 0 bridgehead atoms. The second kappa shape index (κ2) is 6.48. The molecule has 0 aromatic carbocycles. The molecule has 1 aromatic heterocycles. The highest BCUT2D eigenvalue weighted by Crippen LogP contribution is 2.31. The Morgan fingerprint density at radius 1 is 1.38 bits per heavy atom. The average Bonchev–Trinajstić information content (AvgIpc) is 2.74. The van der Waals surface area contributed by atoms with Gasteiger partial charge in [0.15, 0.2) is 5.82 Å². The fourth-order valence-corrected chi connectivity index (χ4v) is 2.59. The van der Waals surface area contributed by atoms with E-state index in [0.29, 0.717) is 5.92 Å². The maximum absolute atomic E-state index is 4.69. The summed E-state index contributed by atoms with van der Waals surface area (Å²) in [7, 11) is 0. The monoisotopic (exact) mass is 280 g/mol. The summed E-state index contributed by atoms with van der Waals surface area (Å²) in [6.07, 6.45) is 20.2. The largest absolute Gasteiger partial charge is 0.269 e. The third kappa shape index (κ3) is 3.10. The van der Waals surface area contributed by atoms with E-state index in [2.05, 4.69) is 35.2 Å². The van der Waals surface area contributed by atoms with Gasteiger partial charge in [0.25, 0.3) is 0 Å². The van der Waals surface area contributed by atoms with Gasteiger partial charge in [0.2, 0.25) is 0 Å².